The number of aliphatic carboxylic acids is 1. The van der Waals surface area contributed by atoms with Crippen molar-refractivity contribution in [3.05, 3.63) is 41.2 Å². The van der Waals surface area contributed by atoms with Crippen molar-refractivity contribution >= 4 is 12.0 Å². The Kier molecular flexibility index (Phi) is 5.89. The van der Waals surface area contributed by atoms with Gasteiger partial charge in [-0.3, -0.25) is 4.90 Å². The fourth-order valence-corrected chi connectivity index (χ4v) is 1.92. The first-order valence-corrected chi connectivity index (χ1v) is 6.71. The van der Waals surface area contributed by atoms with E-state index in [2.05, 4.69) is 25.7 Å². The van der Waals surface area contributed by atoms with Crippen molar-refractivity contribution in [3.8, 4) is 0 Å². The highest BCUT2D eigenvalue weighted by Crippen LogP contribution is 2.16. The van der Waals surface area contributed by atoms with E-state index in [1.807, 2.05) is 7.05 Å². The molecule has 0 saturated heterocycles. The monoisotopic (exact) mass is 279 g/mol. The summed E-state index contributed by atoms with van der Waals surface area (Å²) in [6.07, 6.45) is 2.23. The standard InChI is InChI=1S/C16H22FNO2/c1-11(2)12(3)18(4)10-13-5-7-15(17)14(9-13)6-8-16(19)20/h5-9,11-12H,10H2,1-4H3,(H,19,20). The van der Waals surface area contributed by atoms with Crippen molar-refractivity contribution in [1.29, 1.82) is 0 Å². The lowest BCUT2D eigenvalue weighted by Gasteiger charge is -2.28. The summed E-state index contributed by atoms with van der Waals surface area (Å²) >= 11 is 0. The summed E-state index contributed by atoms with van der Waals surface area (Å²) in [5.41, 5.74) is 1.27. The molecule has 0 amide bonds. The lowest BCUT2D eigenvalue weighted by molar-refractivity contribution is -0.131. The fourth-order valence-electron chi connectivity index (χ4n) is 1.92. The molecule has 20 heavy (non-hydrogen) atoms. The van der Waals surface area contributed by atoms with E-state index in [-0.39, 0.29) is 0 Å². The molecule has 0 heterocycles. The molecule has 0 aliphatic heterocycles. The highest BCUT2D eigenvalue weighted by molar-refractivity contribution is 5.85. The maximum atomic E-state index is 13.6. The number of carbonyl (C=O) groups is 1. The molecule has 3 nitrogen and oxygen atoms in total. The highest BCUT2D eigenvalue weighted by Gasteiger charge is 2.13. The average Bonchev–Trinajstić information content (AvgIpc) is 2.38. The number of halogens is 1. The van der Waals surface area contributed by atoms with Gasteiger partial charge in [0.15, 0.2) is 0 Å². The van der Waals surface area contributed by atoms with Gasteiger partial charge in [-0.05, 0) is 43.7 Å². The normalized spacial score (nSPS) is 13.3. The maximum Gasteiger partial charge on any atom is 0.328 e. The molecule has 1 unspecified atom stereocenters. The average molecular weight is 279 g/mol. The van der Waals surface area contributed by atoms with E-state index in [1.54, 1.807) is 12.1 Å². The van der Waals surface area contributed by atoms with E-state index in [1.165, 1.54) is 12.1 Å². The van der Waals surface area contributed by atoms with Crippen LogP contribution in [0.3, 0.4) is 0 Å². The minimum absolute atomic E-state index is 0.301. The SMILES string of the molecule is CC(C)C(C)N(C)Cc1ccc(F)c(C=CC(=O)O)c1. The molecule has 0 fully saturated rings. The minimum atomic E-state index is -1.08. The fraction of sp³-hybridized carbons (Fsp3) is 0.438. The Morgan fingerprint density at radius 2 is 2.05 bits per heavy atom. The van der Waals surface area contributed by atoms with Crippen LogP contribution in [-0.4, -0.2) is 29.1 Å². The third-order valence-electron chi connectivity index (χ3n) is 3.56. The predicted molar refractivity (Wildman–Crippen MR) is 78.8 cm³/mol. The van der Waals surface area contributed by atoms with Gasteiger partial charge in [0.25, 0.3) is 0 Å². The second kappa shape index (κ2) is 7.20. The Bertz CT molecular complexity index is 497. The minimum Gasteiger partial charge on any atom is -0.478 e. The zero-order valence-electron chi connectivity index (χ0n) is 12.4. The third-order valence-corrected chi connectivity index (χ3v) is 3.56. The second-order valence-electron chi connectivity index (χ2n) is 5.43. The predicted octanol–water partition coefficient (Wildman–Crippen LogP) is 3.40. The number of hydrogen-bond donors (Lipinski definition) is 1. The number of rotatable bonds is 6. The molecule has 0 saturated carbocycles. The summed E-state index contributed by atoms with van der Waals surface area (Å²) in [6.45, 7) is 7.17. The van der Waals surface area contributed by atoms with Gasteiger partial charge < -0.3 is 5.11 Å². The van der Waals surface area contributed by atoms with Crippen LogP contribution in [-0.2, 0) is 11.3 Å². The summed E-state index contributed by atoms with van der Waals surface area (Å²) < 4.78 is 13.6. The molecular formula is C16H22FNO2. The van der Waals surface area contributed by atoms with E-state index in [9.17, 15) is 9.18 Å². The largest absolute Gasteiger partial charge is 0.478 e. The van der Waals surface area contributed by atoms with Gasteiger partial charge in [0.2, 0.25) is 0 Å². The van der Waals surface area contributed by atoms with E-state index < -0.39 is 11.8 Å². The molecule has 1 aromatic carbocycles. The maximum absolute atomic E-state index is 13.6. The topological polar surface area (TPSA) is 40.5 Å². The van der Waals surface area contributed by atoms with E-state index in [4.69, 9.17) is 5.11 Å². The van der Waals surface area contributed by atoms with Gasteiger partial charge in [-0.1, -0.05) is 19.9 Å². The van der Waals surface area contributed by atoms with Crippen molar-refractivity contribution in [2.45, 2.75) is 33.4 Å². The Balaban J connectivity index is 2.87. The highest BCUT2D eigenvalue weighted by atomic mass is 19.1. The zero-order valence-corrected chi connectivity index (χ0v) is 12.4. The van der Waals surface area contributed by atoms with Gasteiger partial charge in [-0.25, -0.2) is 9.18 Å². The Labute approximate surface area is 119 Å². The number of benzene rings is 1. The molecule has 1 N–H and O–H groups in total. The zero-order chi connectivity index (χ0) is 15.3. The van der Waals surface area contributed by atoms with Crippen LogP contribution >= 0.6 is 0 Å². The first-order valence-electron chi connectivity index (χ1n) is 6.71. The Morgan fingerprint density at radius 1 is 1.40 bits per heavy atom. The van der Waals surface area contributed by atoms with E-state index >= 15 is 0 Å². The van der Waals surface area contributed by atoms with Crippen LogP contribution in [0.4, 0.5) is 4.39 Å². The van der Waals surface area contributed by atoms with Crippen molar-refractivity contribution in [2.24, 2.45) is 5.92 Å². The molecule has 1 atom stereocenters. The van der Waals surface area contributed by atoms with Crippen LogP contribution in [0.25, 0.3) is 6.08 Å². The van der Waals surface area contributed by atoms with Gasteiger partial charge in [-0.15, -0.1) is 0 Å². The summed E-state index contributed by atoms with van der Waals surface area (Å²) in [5, 5.41) is 8.60. The molecule has 0 bridgehead atoms. The number of carboxylic acids is 1. The van der Waals surface area contributed by atoms with Gasteiger partial charge >= 0.3 is 5.97 Å². The molecule has 0 radical (unpaired) electrons. The van der Waals surface area contributed by atoms with E-state index in [0.717, 1.165) is 11.6 Å². The first kappa shape index (κ1) is 16.4. The molecule has 4 heteroatoms. The molecule has 110 valence electrons. The van der Waals surface area contributed by atoms with Crippen molar-refractivity contribution in [1.82, 2.24) is 4.90 Å². The smallest absolute Gasteiger partial charge is 0.328 e. The van der Waals surface area contributed by atoms with Crippen LogP contribution < -0.4 is 0 Å². The van der Waals surface area contributed by atoms with E-state index in [0.29, 0.717) is 24.1 Å². The Morgan fingerprint density at radius 3 is 2.60 bits per heavy atom. The lowest BCUT2D eigenvalue weighted by Crippen LogP contribution is -2.32. The molecule has 0 spiro atoms. The summed E-state index contributed by atoms with van der Waals surface area (Å²) in [6, 6.07) is 5.22. The quantitative estimate of drug-likeness (QED) is 0.811. The van der Waals surface area contributed by atoms with Crippen LogP contribution in [0.15, 0.2) is 24.3 Å². The first-order chi connectivity index (χ1) is 9.31. The van der Waals surface area contributed by atoms with Crippen molar-refractivity contribution in [3.63, 3.8) is 0 Å². The Hall–Kier alpha value is -1.68. The van der Waals surface area contributed by atoms with Crippen LogP contribution in [0, 0.1) is 11.7 Å². The molecular weight excluding hydrogens is 257 g/mol. The van der Waals surface area contributed by atoms with Gasteiger partial charge in [0, 0.05) is 24.2 Å². The lowest BCUT2D eigenvalue weighted by atomic mass is 10.0. The van der Waals surface area contributed by atoms with Crippen molar-refractivity contribution in [2.75, 3.05) is 7.05 Å². The number of carboxylic acid groups (broad SMARTS) is 1. The summed E-state index contributed by atoms with van der Waals surface area (Å²) in [7, 11) is 2.03. The van der Waals surface area contributed by atoms with Gasteiger partial charge in [0.05, 0.1) is 0 Å². The number of nitrogens with zero attached hydrogens (tertiary/aromatic N) is 1. The molecule has 1 rings (SSSR count). The molecule has 0 aromatic heterocycles. The van der Waals surface area contributed by atoms with Crippen LogP contribution in [0.1, 0.15) is 31.9 Å². The van der Waals surface area contributed by atoms with Crippen LogP contribution in [0.2, 0.25) is 0 Å². The summed E-state index contributed by atoms with van der Waals surface area (Å²) in [4.78, 5) is 12.7. The number of hydrogen-bond acceptors (Lipinski definition) is 2. The molecule has 0 aliphatic carbocycles. The third kappa shape index (κ3) is 4.78. The summed E-state index contributed by atoms with van der Waals surface area (Å²) in [5.74, 6) is -0.960. The van der Waals surface area contributed by atoms with Gasteiger partial charge in [0.1, 0.15) is 5.82 Å². The second-order valence-corrected chi connectivity index (χ2v) is 5.43. The van der Waals surface area contributed by atoms with Crippen molar-refractivity contribution < 1.29 is 14.3 Å². The molecule has 0 aliphatic rings. The van der Waals surface area contributed by atoms with Crippen LogP contribution in [0.5, 0.6) is 0 Å². The van der Waals surface area contributed by atoms with Gasteiger partial charge in [-0.2, -0.15) is 0 Å². The molecule has 1 aromatic rings.